The van der Waals surface area contributed by atoms with Crippen LogP contribution in [0.3, 0.4) is 0 Å². The van der Waals surface area contributed by atoms with E-state index in [2.05, 4.69) is 30.7 Å². The third-order valence-electron chi connectivity index (χ3n) is 3.94. The maximum absolute atomic E-state index is 11.3. The summed E-state index contributed by atoms with van der Waals surface area (Å²) in [7, 11) is 0. The molecule has 2 heterocycles. The lowest BCUT2D eigenvalue weighted by Crippen LogP contribution is -2.46. The standard InChI is InChI=1S/C14H20N2O2/c1-9-6-10(2)11(3)16(8-9)13-4-5-15-7-12(13)14(17)18/h4-5,7,9-11H,6,8H2,1-3H3,(H,17,18). The molecule has 1 aromatic rings. The Labute approximate surface area is 108 Å². The van der Waals surface area contributed by atoms with E-state index in [0.717, 1.165) is 12.2 Å². The number of aromatic nitrogens is 1. The van der Waals surface area contributed by atoms with E-state index in [1.54, 1.807) is 6.20 Å². The second kappa shape index (κ2) is 4.96. The number of carbonyl (C=O) groups is 1. The molecular formula is C14H20N2O2. The molecule has 1 saturated heterocycles. The zero-order valence-corrected chi connectivity index (χ0v) is 11.1. The first-order valence-corrected chi connectivity index (χ1v) is 6.44. The number of carboxylic acid groups (broad SMARTS) is 1. The van der Waals surface area contributed by atoms with Crippen LogP contribution in [0.2, 0.25) is 0 Å². The van der Waals surface area contributed by atoms with Crippen molar-refractivity contribution in [3.05, 3.63) is 24.0 Å². The monoisotopic (exact) mass is 248 g/mol. The van der Waals surface area contributed by atoms with Crippen LogP contribution in [-0.2, 0) is 0 Å². The number of hydrogen-bond donors (Lipinski definition) is 1. The topological polar surface area (TPSA) is 53.4 Å². The minimum atomic E-state index is -0.906. The first-order valence-electron chi connectivity index (χ1n) is 6.44. The zero-order chi connectivity index (χ0) is 13.3. The third-order valence-corrected chi connectivity index (χ3v) is 3.94. The largest absolute Gasteiger partial charge is 0.478 e. The van der Waals surface area contributed by atoms with Crippen molar-refractivity contribution in [1.29, 1.82) is 0 Å². The van der Waals surface area contributed by atoms with Crippen molar-refractivity contribution < 1.29 is 9.90 Å². The van der Waals surface area contributed by atoms with Crippen molar-refractivity contribution in [1.82, 2.24) is 4.98 Å². The van der Waals surface area contributed by atoms with E-state index in [1.807, 2.05) is 6.07 Å². The molecule has 0 bridgehead atoms. The van der Waals surface area contributed by atoms with E-state index < -0.39 is 5.97 Å². The third kappa shape index (κ3) is 2.33. The van der Waals surface area contributed by atoms with Crippen LogP contribution in [0, 0.1) is 11.8 Å². The average molecular weight is 248 g/mol. The molecule has 0 spiro atoms. The van der Waals surface area contributed by atoms with Gasteiger partial charge in [-0.05, 0) is 31.2 Å². The first-order chi connectivity index (χ1) is 8.50. The predicted molar refractivity (Wildman–Crippen MR) is 70.9 cm³/mol. The SMILES string of the molecule is CC1CC(C)C(C)N(c2ccncc2C(=O)O)C1. The van der Waals surface area contributed by atoms with Crippen LogP contribution in [-0.4, -0.2) is 28.6 Å². The van der Waals surface area contributed by atoms with Gasteiger partial charge in [0.15, 0.2) is 0 Å². The lowest BCUT2D eigenvalue weighted by molar-refractivity contribution is 0.0696. The molecule has 0 radical (unpaired) electrons. The maximum atomic E-state index is 11.3. The van der Waals surface area contributed by atoms with Crippen molar-refractivity contribution in [2.75, 3.05) is 11.4 Å². The van der Waals surface area contributed by atoms with Gasteiger partial charge in [0.1, 0.15) is 5.56 Å². The molecule has 2 rings (SSSR count). The lowest BCUT2D eigenvalue weighted by atomic mass is 9.85. The molecule has 0 saturated carbocycles. The summed E-state index contributed by atoms with van der Waals surface area (Å²) in [6.07, 6.45) is 4.30. The fourth-order valence-electron chi connectivity index (χ4n) is 2.84. The Hall–Kier alpha value is -1.58. The highest BCUT2D eigenvalue weighted by Crippen LogP contribution is 2.32. The Bertz CT molecular complexity index is 447. The quantitative estimate of drug-likeness (QED) is 0.874. The Balaban J connectivity index is 2.38. The molecule has 4 nitrogen and oxygen atoms in total. The van der Waals surface area contributed by atoms with Crippen LogP contribution in [0.1, 0.15) is 37.6 Å². The van der Waals surface area contributed by atoms with Crippen molar-refractivity contribution in [3.8, 4) is 0 Å². The Kier molecular flexibility index (Phi) is 3.55. The van der Waals surface area contributed by atoms with Gasteiger partial charge in [0.2, 0.25) is 0 Å². The molecule has 1 aliphatic heterocycles. The van der Waals surface area contributed by atoms with Crippen LogP contribution in [0.15, 0.2) is 18.5 Å². The van der Waals surface area contributed by atoms with E-state index in [1.165, 1.54) is 12.6 Å². The Morgan fingerprint density at radius 2 is 2.17 bits per heavy atom. The normalized spacial score (nSPS) is 28.2. The lowest BCUT2D eigenvalue weighted by Gasteiger charge is -2.43. The summed E-state index contributed by atoms with van der Waals surface area (Å²) in [4.78, 5) is 17.4. The number of pyridine rings is 1. The van der Waals surface area contributed by atoms with Gasteiger partial charge >= 0.3 is 5.97 Å². The molecule has 0 amide bonds. The molecule has 3 atom stereocenters. The molecule has 0 aromatic carbocycles. The predicted octanol–water partition coefficient (Wildman–Crippen LogP) is 2.65. The molecule has 4 heteroatoms. The summed E-state index contributed by atoms with van der Waals surface area (Å²) in [5.74, 6) is 0.255. The minimum absolute atomic E-state index is 0.297. The summed E-state index contributed by atoms with van der Waals surface area (Å²) >= 11 is 0. The van der Waals surface area contributed by atoms with Gasteiger partial charge in [-0.25, -0.2) is 4.79 Å². The van der Waals surface area contributed by atoms with Gasteiger partial charge < -0.3 is 10.0 Å². The van der Waals surface area contributed by atoms with Crippen LogP contribution in [0.4, 0.5) is 5.69 Å². The molecule has 1 N–H and O–H groups in total. The van der Waals surface area contributed by atoms with Gasteiger partial charge in [-0.2, -0.15) is 0 Å². The zero-order valence-electron chi connectivity index (χ0n) is 11.1. The van der Waals surface area contributed by atoms with Crippen molar-refractivity contribution in [2.24, 2.45) is 11.8 Å². The fraction of sp³-hybridized carbons (Fsp3) is 0.571. The number of anilines is 1. The highest BCUT2D eigenvalue weighted by Gasteiger charge is 2.30. The number of hydrogen-bond acceptors (Lipinski definition) is 3. The van der Waals surface area contributed by atoms with Gasteiger partial charge in [0, 0.05) is 25.0 Å². The highest BCUT2D eigenvalue weighted by atomic mass is 16.4. The summed E-state index contributed by atoms with van der Waals surface area (Å²) in [5, 5.41) is 9.25. The van der Waals surface area contributed by atoms with Gasteiger partial charge in [-0.15, -0.1) is 0 Å². The molecule has 1 aliphatic rings. The van der Waals surface area contributed by atoms with E-state index in [4.69, 9.17) is 0 Å². The van der Waals surface area contributed by atoms with Crippen LogP contribution >= 0.6 is 0 Å². The van der Waals surface area contributed by atoms with Crippen LogP contribution in [0.5, 0.6) is 0 Å². The van der Waals surface area contributed by atoms with E-state index >= 15 is 0 Å². The number of rotatable bonds is 2. The summed E-state index contributed by atoms with van der Waals surface area (Å²) in [6.45, 7) is 7.53. The molecule has 98 valence electrons. The van der Waals surface area contributed by atoms with E-state index in [9.17, 15) is 9.90 Å². The molecule has 1 fully saturated rings. The summed E-state index contributed by atoms with van der Waals surface area (Å²) in [5.41, 5.74) is 1.09. The van der Waals surface area contributed by atoms with Gasteiger partial charge in [-0.1, -0.05) is 13.8 Å². The fourth-order valence-corrected chi connectivity index (χ4v) is 2.84. The number of aromatic carboxylic acids is 1. The number of piperidine rings is 1. The van der Waals surface area contributed by atoms with Crippen LogP contribution in [0.25, 0.3) is 0 Å². The average Bonchev–Trinajstić information content (AvgIpc) is 2.33. The second-order valence-corrected chi connectivity index (χ2v) is 5.41. The van der Waals surface area contributed by atoms with Gasteiger partial charge in [-0.3, -0.25) is 4.98 Å². The minimum Gasteiger partial charge on any atom is -0.478 e. The summed E-state index contributed by atoms with van der Waals surface area (Å²) < 4.78 is 0. The molecule has 0 aliphatic carbocycles. The molecule has 3 unspecified atom stereocenters. The highest BCUT2D eigenvalue weighted by molar-refractivity contribution is 5.94. The van der Waals surface area contributed by atoms with Crippen molar-refractivity contribution >= 4 is 11.7 Å². The molecule has 1 aromatic heterocycles. The van der Waals surface area contributed by atoms with Crippen molar-refractivity contribution in [3.63, 3.8) is 0 Å². The molecular weight excluding hydrogens is 228 g/mol. The number of nitrogens with zero attached hydrogens (tertiary/aromatic N) is 2. The maximum Gasteiger partial charge on any atom is 0.339 e. The smallest absolute Gasteiger partial charge is 0.339 e. The summed E-state index contributed by atoms with van der Waals surface area (Å²) in [6, 6.07) is 2.17. The first kappa shape index (κ1) is 12.9. The second-order valence-electron chi connectivity index (χ2n) is 5.41. The van der Waals surface area contributed by atoms with E-state index in [-0.39, 0.29) is 0 Å². The van der Waals surface area contributed by atoms with Gasteiger partial charge in [0.25, 0.3) is 0 Å². The number of carboxylic acids is 1. The van der Waals surface area contributed by atoms with Gasteiger partial charge in [0.05, 0.1) is 5.69 Å². The Morgan fingerprint density at radius 3 is 2.83 bits per heavy atom. The Morgan fingerprint density at radius 1 is 1.44 bits per heavy atom. The molecule has 18 heavy (non-hydrogen) atoms. The van der Waals surface area contributed by atoms with E-state index in [0.29, 0.717) is 23.4 Å². The van der Waals surface area contributed by atoms with Crippen molar-refractivity contribution in [2.45, 2.75) is 33.2 Å². The van der Waals surface area contributed by atoms with Crippen LogP contribution < -0.4 is 4.90 Å².